The molecule has 0 aliphatic carbocycles. The van der Waals surface area contributed by atoms with E-state index in [9.17, 15) is 9.90 Å². The molecule has 1 aliphatic rings. The zero-order chi connectivity index (χ0) is 19.7. The molecule has 150 valence electrons. The van der Waals surface area contributed by atoms with Crippen LogP contribution in [0.4, 0.5) is 0 Å². The number of carbonyl (C=O) groups is 1. The first kappa shape index (κ1) is 20.9. The molecular weight excluding hydrogens is 354 g/mol. The normalized spacial score (nSPS) is 18.7. The van der Waals surface area contributed by atoms with Crippen LogP contribution in [0, 0.1) is 0 Å². The average molecular weight is 381 g/mol. The van der Waals surface area contributed by atoms with Gasteiger partial charge in [0.2, 0.25) is 0 Å². The van der Waals surface area contributed by atoms with Crippen LogP contribution in [0.5, 0.6) is 11.5 Å². The molecule has 9 heteroatoms. The van der Waals surface area contributed by atoms with Gasteiger partial charge in [0.1, 0.15) is 6.61 Å². The van der Waals surface area contributed by atoms with Crippen molar-refractivity contribution in [3.63, 3.8) is 0 Å². The Morgan fingerprint density at radius 3 is 2.67 bits per heavy atom. The van der Waals surface area contributed by atoms with E-state index < -0.39 is 11.5 Å². The van der Waals surface area contributed by atoms with Crippen molar-refractivity contribution in [2.45, 2.75) is 25.8 Å². The second kappa shape index (κ2) is 10.1. The van der Waals surface area contributed by atoms with Gasteiger partial charge in [-0.15, -0.1) is 0 Å². The molecule has 1 aromatic heterocycles. The van der Waals surface area contributed by atoms with Gasteiger partial charge in [0.05, 0.1) is 33.5 Å². The SMILES string of the molecule is CCCOCCOCCOc1ccnc(C2=NCC(C)(C(=O)OC)N2)c1O. The molecule has 0 radical (unpaired) electrons. The number of ether oxygens (including phenoxy) is 4. The van der Waals surface area contributed by atoms with Crippen LogP contribution in [0.1, 0.15) is 26.0 Å². The van der Waals surface area contributed by atoms with Gasteiger partial charge in [-0.1, -0.05) is 6.92 Å². The number of hydrogen-bond donors (Lipinski definition) is 2. The molecule has 2 heterocycles. The molecule has 0 bridgehead atoms. The van der Waals surface area contributed by atoms with Crippen LogP contribution in [0.3, 0.4) is 0 Å². The Hall–Kier alpha value is -2.39. The Balaban J connectivity index is 1.86. The fourth-order valence-corrected chi connectivity index (χ4v) is 2.46. The fourth-order valence-electron chi connectivity index (χ4n) is 2.46. The highest BCUT2D eigenvalue weighted by atomic mass is 16.5. The van der Waals surface area contributed by atoms with Gasteiger partial charge in [0.25, 0.3) is 0 Å². The van der Waals surface area contributed by atoms with Gasteiger partial charge >= 0.3 is 5.97 Å². The van der Waals surface area contributed by atoms with Crippen molar-refractivity contribution in [3.05, 3.63) is 18.0 Å². The maximum Gasteiger partial charge on any atom is 0.333 e. The quantitative estimate of drug-likeness (QED) is 0.429. The first-order valence-corrected chi connectivity index (χ1v) is 8.89. The molecule has 1 atom stereocenters. The van der Waals surface area contributed by atoms with Crippen molar-refractivity contribution in [1.29, 1.82) is 0 Å². The van der Waals surface area contributed by atoms with Gasteiger partial charge in [-0.3, -0.25) is 4.99 Å². The molecule has 1 aliphatic heterocycles. The highest BCUT2D eigenvalue weighted by Crippen LogP contribution is 2.30. The Morgan fingerprint density at radius 2 is 1.96 bits per heavy atom. The molecule has 0 amide bonds. The van der Waals surface area contributed by atoms with Gasteiger partial charge in [-0.2, -0.15) is 0 Å². The van der Waals surface area contributed by atoms with Crippen LogP contribution in [0.2, 0.25) is 0 Å². The molecule has 27 heavy (non-hydrogen) atoms. The first-order chi connectivity index (χ1) is 13.0. The van der Waals surface area contributed by atoms with Gasteiger partial charge < -0.3 is 29.4 Å². The van der Waals surface area contributed by atoms with E-state index >= 15 is 0 Å². The Kier molecular flexibility index (Phi) is 7.81. The van der Waals surface area contributed by atoms with E-state index in [1.807, 2.05) is 6.92 Å². The standard InChI is InChI=1S/C18H27N3O6/c1-4-7-25-8-9-26-10-11-27-13-5-6-19-14(15(13)22)16-20-12-18(2,21-16)17(23)24-3/h5-6,22H,4,7-12H2,1-3H3,(H,20,21). The minimum atomic E-state index is -0.983. The number of aromatic hydroxyl groups is 1. The second-order valence-corrected chi connectivity index (χ2v) is 6.19. The Bertz CT molecular complexity index is 666. The van der Waals surface area contributed by atoms with Gasteiger partial charge in [-0.25, -0.2) is 9.78 Å². The first-order valence-electron chi connectivity index (χ1n) is 8.89. The summed E-state index contributed by atoms with van der Waals surface area (Å²) >= 11 is 0. The number of pyridine rings is 1. The lowest BCUT2D eigenvalue weighted by Crippen LogP contribution is -2.50. The molecule has 2 N–H and O–H groups in total. The Labute approximate surface area is 158 Å². The minimum absolute atomic E-state index is 0.149. The summed E-state index contributed by atoms with van der Waals surface area (Å²) < 4.78 is 21.0. The van der Waals surface area contributed by atoms with Gasteiger partial charge in [0, 0.05) is 18.9 Å². The van der Waals surface area contributed by atoms with Crippen molar-refractivity contribution >= 4 is 11.8 Å². The van der Waals surface area contributed by atoms with Crippen LogP contribution < -0.4 is 10.1 Å². The summed E-state index contributed by atoms with van der Waals surface area (Å²) in [6, 6.07) is 1.55. The van der Waals surface area contributed by atoms with E-state index in [0.29, 0.717) is 25.7 Å². The minimum Gasteiger partial charge on any atom is -0.503 e. The summed E-state index contributed by atoms with van der Waals surface area (Å²) in [7, 11) is 1.31. The van der Waals surface area contributed by atoms with Crippen LogP contribution >= 0.6 is 0 Å². The number of hydrogen-bond acceptors (Lipinski definition) is 9. The number of rotatable bonds is 11. The number of nitrogens with one attached hydrogen (secondary N) is 1. The third kappa shape index (κ3) is 5.54. The molecule has 0 spiro atoms. The number of amidine groups is 1. The summed E-state index contributed by atoms with van der Waals surface area (Å²) in [4.78, 5) is 20.3. The number of aromatic nitrogens is 1. The molecule has 0 fully saturated rings. The van der Waals surface area contributed by atoms with E-state index in [1.165, 1.54) is 13.3 Å². The monoisotopic (exact) mass is 381 g/mol. The maximum atomic E-state index is 11.9. The predicted octanol–water partition coefficient (Wildman–Crippen LogP) is 0.891. The average Bonchev–Trinajstić information content (AvgIpc) is 3.07. The lowest BCUT2D eigenvalue weighted by atomic mass is 10.0. The highest BCUT2D eigenvalue weighted by Gasteiger charge is 2.40. The third-order valence-corrected chi connectivity index (χ3v) is 3.90. The zero-order valence-electron chi connectivity index (χ0n) is 16.0. The van der Waals surface area contributed by atoms with E-state index in [-0.39, 0.29) is 30.3 Å². The van der Waals surface area contributed by atoms with E-state index in [4.69, 9.17) is 18.9 Å². The number of nitrogens with zero attached hydrogens (tertiary/aromatic N) is 2. The van der Waals surface area contributed by atoms with Crippen LogP contribution in [0.25, 0.3) is 0 Å². The smallest absolute Gasteiger partial charge is 0.333 e. The summed E-state index contributed by atoms with van der Waals surface area (Å²) in [5.41, 5.74) is -0.767. The summed E-state index contributed by atoms with van der Waals surface area (Å²) in [5.74, 6) is -0.00506. The van der Waals surface area contributed by atoms with Crippen molar-refractivity contribution in [2.24, 2.45) is 4.99 Å². The number of esters is 1. The molecular formula is C18H27N3O6. The topological polar surface area (TPSA) is 112 Å². The van der Waals surface area contributed by atoms with Crippen LogP contribution in [-0.2, 0) is 19.0 Å². The molecule has 1 aromatic rings. The lowest BCUT2D eigenvalue weighted by Gasteiger charge is -2.21. The number of carbonyl (C=O) groups excluding carboxylic acids is 1. The summed E-state index contributed by atoms with van der Waals surface area (Å²) in [5, 5.41) is 13.4. The predicted molar refractivity (Wildman–Crippen MR) is 98.3 cm³/mol. The largest absolute Gasteiger partial charge is 0.503 e. The van der Waals surface area contributed by atoms with E-state index in [0.717, 1.165) is 13.0 Å². The summed E-state index contributed by atoms with van der Waals surface area (Å²) in [6.45, 7) is 6.31. The molecule has 0 saturated carbocycles. The third-order valence-electron chi connectivity index (χ3n) is 3.90. The van der Waals surface area contributed by atoms with Gasteiger partial charge in [0.15, 0.2) is 28.6 Å². The summed E-state index contributed by atoms with van der Waals surface area (Å²) in [6.07, 6.45) is 2.48. The molecule has 0 aromatic carbocycles. The van der Waals surface area contributed by atoms with Crippen molar-refractivity contribution in [3.8, 4) is 11.5 Å². The second-order valence-electron chi connectivity index (χ2n) is 6.19. The van der Waals surface area contributed by atoms with Crippen molar-refractivity contribution in [2.75, 3.05) is 46.7 Å². The van der Waals surface area contributed by atoms with E-state index in [1.54, 1.807) is 13.0 Å². The number of methoxy groups -OCH3 is 1. The maximum absolute atomic E-state index is 11.9. The molecule has 0 saturated heterocycles. The van der Waals surface area contributed by atoms with E-state index in [2.05, 4.69) is 15.3 Å². The lowest BCUT2D eigenvalue weighted by molar-refractivity contribution is -0.146. The zero-order valence-corrected chi connectivity index (χ0v) is 16.0. The highest BCUT2D eigenvalue weighted by molar-refractivity contribution is 6.04. The molecule has 9 nitrogen and oxygen atoms in total. The molecule has 2 rings (SSSR count). The Morgan fingerprint density at radius 1 is 1.26 bits per heavy atom. The van der Waals surface area contributed by atoms with Gasteiger partial charge in [-0.05, 0) is 13.3 Å². The van der Waals surface area contributed by atoms with Crippen LogP contribution in [-0.4, -0.2) is 74.1 Å². The fraction of sp³-hybridized carbons (Fsp3) is 0.611. The molecule has 1 unspecified atom stereocenters. The van der Waals surface area contributed by atoms with Crippen molar-refractivity contribution < 1.29 is 28.8 Å². The van der Waals surface area contributed by atoms with Crippen LogP contribution in [0.15, 0.2) is 17.3 Å². The number of aliphatic imine (C=N–C) groups is 1. The van der Waals surface area contributed by atoms with Crippen molar-refractivity contribution in [1.82, 2.24) is 10.3 Å².